The Balaban J connectivity index is 1.43. The van der Waals surface area contributed by atoms with Crippen molar-refractivity contribution in [2.75, 3.05) is 27.7 Å². The number of ether oxygens (including phenoxy) is 1. The number of fused-ring (bicyclic) bond motifs is 1. The summed E-state index contributed by atoms with van der Waals surface area (Å²) in [5.74, 6) is 0.604. The van der Waals surface area contributed by atoms with E-state index < -0.39 is 0 Å². The van der Waals surface area contributed by atoms with Crippen molar-refractivity contribution < 1.29 is 4.74 Å². The highest BCUT2D eigenvalue weighted by atomic mass is 16.5. The second kappa shape index (κ2) is 7.15. The molecule has 4 heteroatoms. The van der Waals surface area contributed by atoms with Crippen LogP contribution >= 0.6 is 0 Å². The second-order valence-corrected chi connectivity index (χ2v) is 11.0. The van der Waals surface area contributed by atoms with Crippen LogP contribution in [0.5, 0.6) is 0 Å². The molecule has 0 aromatic carbocycles. The van der Waals surface area contributed by atoms with Crippen molar-refractivity contribution in [3.8, 4) is 0 Å². The average molecular weight is 410 g/mol. The summed E-state index contributed by atoms with van der Waals surface area (Å²) < 4.78 is 7.32. The fraction of sp³-hybridized carbons (Fsp3) is 0.731. The zero-order valence-electron chi connectivity index (χ0n) is 19.3. The third-order valence-corrected chi connectivity index (χ3v) is 9.27. The summed E-state index contributed by atoms with van der Waals surface area (Å²) >= 11 is 0. The molecule has 5 aliphatic rings. The second-order valence-electron chi connectivity index (χ2n) is 11.0. The van der Waals surface area contributed by atoms with Gasteiger partial charge < -0.3 is 15.0 Å². The van der Waals surface area contributed by atoms with Crippen molar-refractivity contribution >= 4 is 6.21 Å². The van der Waals surface area contributed by atoms with E-state index in [0.29, 0.717) is 18.0 Å². The van der Waals surface area contributed by atoms with Gasteiger partial charge in [0, 0.05) is 31.9 Å². The van der Waals surface area contributed by atoms with Crippen LogP contribution in [-0.4, -0.2) is 62.1 Å². The number of hydrogen-bond acceptors (Lipinski definition) is 4. The van der Waals surface area contributed by atoms with E-state index in [1.165, 1.54) is 50.5 Å². The molecule has 1 N–H and O–H groups in total. The molecule has 3 fully saturated rings. The first-order valence-electron chi connectivity index (χ1n) is 11.9. The Labute approximate surface area is 182 Å². The van der Waals surface area contributed by atoms with Crippen molar-refractivity contribution in [2.24, 2.45) is 16.3 Å². The maximum atomic E-state index is 7.32. The van der Waals surface area contributed by atoms with Crippen LogP contribution in [0.15, 0.2) is 40.4 Å². The summed E-state index contributed by atoms with van der Waals surface area (Å²) in [7, 11) is 6.28. The molecule has 5 rings (SSSR count). The van der Waals surface area contributed by atoms with Gasteiger partial charge in [-0.1, -0.05) is 25.7 Å². The summed E-state index contributed by atoms with van der Waals surface area (Å²) in [6.45, 7) is 7.48. The highest BCUT2D eigenvalue weighted by molar-refractivity contribution is 5.77. The Bertz CT molecular complexity index is 826. The van der Waals surface area contributed by atoms with Crippen LogP contribution in [0.3, 0.4) is 0 Å². The Kier molecular flexibility index (Phi) is 4.92. The van der Waals surface area contributed by atoms with E-state index in [1.807, 2.05) is 13.3 Å². The number of hydrogen-bond donors (Lipinski definition) is 1. The summed E-state index contributed by atoms with van der Waals surface area (Å²) in [4.78, 5) is 6.53. The van der Waals surface area contributed by atoms with Gasteiger partial charge in [0.05, 0.1) is 11.2 Å². The molecule has 2 saturated carbocycles. The van der Waals surface area contributed by atoms with Gasteiger partial charge in [-0.3, -0.25) is 4.99 Å². The first-order chi connectivity index (χ1) is 14.3. The van der Waals surface area contributed by atoms with E-state index >= 15 is 0 Å². The van der Waals surface area contributed by atoms with Gasteiger partial charge in [0.1, 0.15) is 0 Å². The molecular weight excluding hydrogens is 370 g/mol. The lowest BCUT2D eigenvalue weighted by atomic mass is 9.60. The van der Waals surface area contributed by atoms with Crippen LogP contribution in [0.1, 0.15) is 58.3 Å². The molecule has 6 atom stereocenters. The highest BCUT2D eigenvalue weighted by Gasteiger charge is 2.66. The number of allylic oxidation sites excluding steroid dienone is 1. The summed E-state index contributed by atoms with van der Waals surface area (Å²) in [5.41, 5.74) is 4.36. The first kappa shape index (κ1) is 20.7. The maximum Gasteiger partial charge on any atom is 0.0975 e. The van der Waals surface area contributed by atoms with Gasteiger partial charge in [0.25, 0.3) is 0 Å². The normalized spacial score (nSPS) is 44.5. The van der Waals surface area contributed by atoms with Gasteiger partial charge in [0.2, 0.25) is 0 Å². The molecule has 2 heterocycles. The van der Waals surface area contributed by atoms with Crippen LogP contribution in [0.25, 0.3) is 0 Å². The molecule has 0 radical (unpaired) electrons. The molecule has 4 nitrogen and oxygen atoms in total. The first-order valence-corrected chi connectivity index (χ1v) is 11.9. The standard InChI is InChI=1S/C26H39N3O/c1-18(16-27-3)17-28-23-9-8-22-24(23,2)11-10-20-14-19-6-7-21(29(4)5)15-25(19)12-13-26(20,22)30-25/h10,14,16,21-23,28H,1,6-9,11-13,15,17H2,2-5H3/t21?,22-,23?,24?,25-,26-/m1/s1. The van der Waals surface area contributed by atoms with Gasteiger partial charge in [-0.05, 0) is 93.5 Å². The van der Waals surface area contributed by atoms with Crippen LogP contribution in [0.2, 0.25) is 0 Å². The molecule has 0 amide bonds. The molecule has 164 valence electrons. The van der Waals surface area contributed by atoms with Gasteiger partial charge in [0.15, 0.2) is 0 Å². The van der Waals surface area contributed by atoms with E-state index in [1.54, 1.807) is 5.57 Å². The Morgan fingerprint density at radius 1 is 1.33 bits per heavy atom. The molecule has 3 aliphatic carbocycles. The molecule has 0 aromatic rings. The average Bonchev–Trinajstić information content (AvgIpc) is 3.21. The molecule has 0 aromatic heterocycles. The predicted molar refractivity (Wildman–Crippen MR) is 124 cm³/mol. The monoisotopic (exact) mass is 409 g/mol. The van der Waals surface area contributed by atoms with E-state index in [2.05, 4.69) is 55.0 Å². The largest absolute Gasteiger partial charge is 0.359 e. The predicted octanol–water partition coefficient (Wildman–Crippen LogP) is 4.29. The quantitative estimate of drug-likeness (QED) is 0.688. The minimum absolute atomic E-state index is 0.000167. The molecule has 30 heavy (non-hydrogen) atoms. The van der Waals surface area contributed by atoms with E-state index in [-0.39, 0.29) is 16.6 Å². The van der Waals surface area contributed by atoms with Gasteiger partial charge in [-0.2, -0.15) is 0 Å². The third-order valence-electron chi connectivity index (χ3n) is 9.27. The van der Waals surface area contributed by atoms with Crippen LogP contribution in [0.4, 0.5) is 0 Å². The summed E-state index contributed by atoms with van der Waals surface area (Å²) in [6, 6.07) is 1.16. The van der Waals surface area contributed by atoms with E-state index in [0.717, 1.165) is 18.5 Å². The fourth-order valence-electron chi connectivity index (χ4n) is 7.64. The van der Waals surface area contributed by atoms with Crippen LogP contribution in [0, 0.1) is 11.3 Å². The Morgan fingerprint density at radius 3 is 2.93 bits per heavy atom. The molecule has 3 unspecified atom stereocenters. The topological polar surface area (TPSA) is 36.9 Å². The van der Waals surface area contributed by atoms with Gasteiger partial charge in [-0.15, -0.1) is 0 Å². The highest BCUT2D eigenvalue weighted by Crippen LogP contribution is 2.66. The summed E-state index contributed by atoms with van der Waals surface area (Å²) in [5, 5.41) is 3.84. The Morgan fingerprint density at radius 2 is 2.17 bits per heavy atom. The smallest absolute Gasteiger partial charge is 0.0975 e. The van der Waals surface area contributed by atoms with Gasteiger partial charge >= 0.3 is 0 Å². The lowest BCUT2D eigenvalue weighted by Crippen LogP contribution is -2.57. The number of aliphatic imine (C=N–C) groups is 1. The minimum atomic E-state index is -0.0526. The fourth-order valence-corrected chi connectivity index (χ4v) is 7.64. The van der Waals surface area contributed by atoms with E-state index in [4.69, 9.17) is 4.74 Å². The maximum absolute atomic E-state index is 7.32. The van der Waals surface area contributed by atoms with Crippen molar-refractivity contribution in [3.05, 3.63) is 35.5 Å². The Hall–Kier alpha value is -1.23. The summed E-state index contributed by atoms with van der Waals surface area (Å²) in [6.07, 6.45) is 16.7. The van der Waals surface area contributed by atoms with Crippen molar-refractivity contribution in [1.82, 2.24) is 10.2 Å². The minimum Gasteiger partial charge on any atom is -0.359 e. The molecular formula is C26H39N3O. The number of nitrogens with zero attached hydrogens (tertiary/aromatic N) is 2. The van der Waals surface area contributed by atoms with Gasteiger partial charge in [-0.25, -0.2) is 0 Å². The number of rotatable bonds is 5. The third kappa shape index (κ3) is 2.87. The van der Waals surface area contributed by atoms with Crippen molar-refractivity contribution in [2.45, 2.75) is 81.6 Å². The molecule has 2 aliphatic heterocycles. The van der Waals surface area contributed by atoms with Crippen LogP contribution in [-0.2, 0) is 4.74 Å². The lowest BCUT2D eigenvalue weighted by molar-refractivity contribution is -0.140. The van der Waals surface area contributed by atoms with Crippen molar-refractivity contribution in [3.63, 3.8) is 0 Å². The van der Waals surface area contributed by atoms with E-state index in [9.17, 15) is 0 Å². The van der Waals surface area contributed by atoms with Crippen LogP contribution < -0.4 is 5.32 Å². The lowest BCUT2D eigenvalue weighted by Gasteiger charge is -2.54. The molecule has 2 bridgehead atoms. The SMILES string of the molecule is C=C(C=NC)CNC1CC[C@@H]2C1(C)CC=C1C=C3CCC(N(C)C)C[C@]34CC[C@@]12O4. The molecule has 2 spiro atoms. The molecule has 1 saturated heterocycles. The zero-order valence-corrected chi connectivity index (χ0v) is 19.3. The number of nitrogens with one attached hydrogen (secondary N) is 1. The zero-order chi connectivity index (χ0) is 21.1. The van der Waals surface area contributed by atoms with Crippen molar-refractivity contribution in [1.29, 1.82) is 0 Å².